The van der Waals surface area contributed by atoms with Crippen LogP contribution in [0.15, 0.2) is 30.5 Å². The summed E-state index contributed by atoms with van der Waals surface area (Å²) in [4.78, 5) is 11.2. The van der Waals surface area contributed by atoms with Gasteiger partial charge in [-0.15, -0.1) is 5.10 Å². The number of hydrogen-bond donors (Lipinski definition) is 2. The summed E-state index contributed by atoms with van der Waals surface area (Å²) in [7, 11) is 0. The van der Waals surface area contributed by atoms with E-state index in [9.17, 15) is 4.79 Å². The third-order valence-electron chi connectivity index (χ3n) is 2.47. The Hall–Kier alpha value is -2.21. The average molecular weight is 231 g/mol. The standard InChI is InChI=1S/C11H13N5O/c1-2-8-3-5-9(6-4-8)16-7-10(14-15-16)11(17)13-12/h3-7H,2,12H2,1H3,(H,13,17). The average Bonchev–Trinajstić information content (AvgIpc) is 2.87. The van der Waals surface area contributed by atoms with Crippen molar-refractivity contribution in [3.05, 3.63) is 41.7 Å². The monoisotopic (exact) mass is 231 g/mol. The maximum atomic E-state index is 11.2. The van der Waals surface area contributed by atoms with E-state index < -0.39 is 5.91 Å². The van der Waals surface area contributed by atoms with E-state index in [1.807, 2.05) is 29.7 Å². The van der Waals surface area contributed by atoms with Crippen LogP contribution in [-0.2, 0) is 6.42 Å². The molecule has 0 bridgehead atoms. The number of nitrogens with two attached hydrogens (primary N) is 1. The highest BCUT2D eigenvalue weighted by Gasteiger charge is 2.09. The second-order valence-electron chi connectivity index (χ2n) is 3.54. The molecule has 1 aromatic heterocycles. The predicted molar refractivity (Wildman–Crippen MR) is 62.4 cm³/mol. The molecular weight excluding hydrogens is 218 g/mol. The lowest BCUT2D eigenvalue weighted by Gasteiger charge is -2.01. The Labute approximate surface area is 98.4 Å². The van der Waals surface area contributed by atoms with Gasteiger partial charge in [0.15, 0.2) is 5.69 Å². The van der Waals surface area contributed by atoms with Crippen LogP contribution >= 0.6 is 0 Å². The Kier molecular flexibility index (Phi) is 3.15. The van der Waals surface area contributed by atoms with E-state index in [0.29, 0.717) is 0 Å². The number of carbonyl (C=O) groups is 1. The van der Waals surface area contributed by atoms with Gasteiger partial charge in [-0.05, 0) is 24.1 Å². The first-order valence-corrected chi connectivity index (χ1v) is 5.27. The first kappa shape index (κ1) is 11.3. The van der Waals surface area contributed by atoms with Crippen LogP contribution in [0.4, 0.5) is 0 Å². The van der Waals surface area contributed by atoms with Gasteiger partial charge in [-0.25, -0.2) is 10.5 Å². The first-order chi connectivity index (χ1) is 8.24. The van der Waals surface area contributed by atoms with Gasteiger partial charge in [-0.3, -0.25) is 10.2 Å². The second-order valence-corrected chi connectivity index (χ2v) is 3.54. The molecule has 0 fully saturated rings. The van der Waals surface area contributed by atoms with Gasteiger partial charge in [-0.1, -0.05) is 24.3 Å². The lowest BCUT2D eigenvalue weighted by Crippen LogP contribution is -2.30. The molecule has 1 heterocycles. The van der Waals surface area contributed by atoms with Crippen LogP contribution in [0.1, 0.15) is 23.0 Å². The molecule has 6 heteroatoms. The Bertz CT molecular complexity index is 517. The van der Waals surface area contributed by atoms with Gasteiger partial charge in [-0.2, -0.15) is 0 Å². The molecule has 6 nitrogen and oxygen atoms in total. The van der Waals surface area contributed by atoms with Crippen LogP contribution in [-0.4, -0.2) is 20.9 Å². The van der Waals surface area contributed by atoms with Crippen molar-refractivity contribution in [1.82, 2.24) is 20.4 Å². The molecule has 17 heavy (non-hydrogen) atoms. The SMILES string of the molecule is CCc1ccc(-n2cc(C(=O)NN)nn2)cc1. The predicted octanol–water partition coefficient (Wildman–Crippen LogP) is 0.433. The van der Waals surface area contributed by atoms with E-state index in [1.54, 1.807) is 0 Å². The van der Waals surface area contributed by atoms with E-state index in [4.69, 9.17) is 5.84 Å². The van der Waals surface area contributed by atoms with E-state index in [0.717, 1.165) is 12.1 Å². The van der Waals surface area contributed by atoms with Crippen molar-refractivity contribution < 1.29 is 4.79 Å². The van der Waals surface area contributed by atoms with Gasteiger partial charge in [0.05, 0.1) is 11.9 Å². The van der Waals surface area contributed by atoms with Crippen molar-refractivity contribution in [2.75, 3.05) is 0 Å². The van der Waals surface area contributed by atoms with Gasteiger partial charge in [0.2, 0.25) is 0 Å². The van der Waals surface area contributed by atoms with E-state index in [1.165, 1.54) is 16.4 Å². The van der Waals surface area contributed by atoms with Gasteiger partial charge in [0, 0.05) is 0 Å². The van der Waals surface area contributed by atoms with Crippen molar-refractivity contribution >= 4 is 5.91 Å². The highest BCUT2D eigenvalue weighted by Crippen LogP contribution is 2.09. The fourth-order valence-corrected chi connectivity index (χ4v) is 1.45. The van der Waals surface area contributed by atoms with E-state index >= 15 is 0 Å². The molecule has 0 aliphatic carbocycles. The Balaban J connectivity index is 2.27. The molecule has 0 atom stereocenters. The highest BCUT2D eigenvalue weighted by atomic mass is 16.2. The molecule has 0 saturated carbocycles. The largest absolute Gasteiger partial charge is 0.289 e. The smallest absolute Gasteiger partial charge is 0.287 e. The van der Waals surface area contributed by atoms with Crippen LogP contribution in [0.5, 0.6) is 0 Å². The number of aryl methyl sites for hydroxylation is 1. The molecule has 0 spiro atoms. The number of amides is 1. The molecule has 88 valence electrons. The van der Waals surface area contributed by atoms with Crippen LogP contribution in [0.3, 0.4) is 0 Å². The fourth-order valence-electron chi connectivity index (χ4n) is 1.45. The summed E-state index contributed by atoms with van der Waals surface area (Å²) in [5.41, 5.74) is 4.29. The lowest BCUT2D eigenvalue weighted by atomic mass is 10.1. The molecule has 1 amide bonds. The summed E-state index contributed by atoms with van der Waals surface area (Å²) >= 11 is 0. The lowest BCUT2D eigenvalue weighted by molar-refractivity contribution is 0.0948. The van der Waals surface area contributed by atoms with Gasteiger partial charge < -0.3 is 0 Å². The molecule has 0 unspecified atom stereocenters. The number of aromatic nitrogens is 3. The maximum Gasteiger partial charge on any atom is 0.287 e. The van der Waals surface area contributed by atoms with Crippen molar-refractivity contribution in [2.45, 2.75) is 13.3 Å². The van der Waals surface area contributed by atoms with Crippen LogP contribution in [0.25, 0.3) is 5.69 Å². The van der Waals surface area contributed by atoms with Crippen LogP contribution in [0, 0.1) is 0 Å². The van der Waals surface area contributed by atoms with Crippen molar-refractivity contribution in [3.63, 3.8) is 0 Å². The summed E-state index contributed by atoms with van der Waals surface area (Å²) in [6, 6.07) is 7.88. The quantitative estimate of drug-likeness (QED) is 0.456. The van der Waals surface area contributed by atoms with E-state index in [-0.39, 0.29) is 5.69 Å². The van der Waals surface area contributed by atoms with Gasteiger partial charge in [0.1, 0.15) is 0 Å². The molecule has 0 saturated heterocycles. The highest BCUT2D eigenvalue weighted by molar-refractivity contribution is 5.91. The van der Waals surface area contributed by atoms with Crippen LogP contribution < -0.4 is 11.3 Å². The molecule has 0 aliphatic rings. The minimum atomic E-state index is -0.457. The fraction of sp³-hybridized carbons (Fsp3) is 0.182. The zero-order valence-corrected chi connectivity index (χ0v) is 9.42. The van der Waals surface area contributed by atoms with Gasteiger partial charge in [0.25, 0.3) is 5.91 Å². The normalized spacial score (nSPS) is 10.2. The minimum Gasteiger partial charge on any atom is -0.289 e. The minimum absolute atomic E-state index is 0.187. The van der Waals surface area contributed by atoms with Crippen LogP contribution in [0.2, 0.25) is 0 Å². The Morgan fingerprint density at radius 3 is 2.71 bits per heavy atom. The summed E-state index contributed by atoms with van der Waals surface area (Å²) in [5.74, 6) is 4.56. The topological polar surface area (TPSA) is 85.8 Å². The summed E-state index contributed by atoms with van der Waals surface area (Å²) in [6.45, 7) is 2.09. The molecule has 2 rings (SSSR count). The summed E-state index contributed by atoms with van der Waals surface area (Å²) in [5, 5.41) is 7.59. The maximum absolute atomic E-state index is 11.2. The number of hydrazine groups is 1. The summed E-state index contributed by atoms with van der Waals surface area (Å²) in [6.07, 6.45) is 2.52. The number of nitrogen functional groups attached to an aromatic ring is 1. The Morgan fingerprint density at radius 1 is 1.41 bits per heavy atom. The number of nitrogens with zero attached hydrogens (tertiary/aromatic N) is 3. The zero-order chi connectivity index (χ0) is 12.3. The number of hydrogen-bond acceptors (Lipinski definition) is 4. The van der Waals surface area contributed by atoms with Gasteiger partial charge >= 0.3 is 0 Å². The van der Waals surface area contributed by atoms with E-state index in [2.05, 4.69) is 17.2 Å². The third-order valence-corrected chi connectivity index (χ3v) is 2.47. The Morgan fingerprint density at radius 2 is 2.12 bits per heavy atom. The van der Waals surface area contributed by atoms with Crippen molar-refractivity contribution in [1.29, 1.82) is 0 Å². The number of rotatable bonds is 3. The van der Waals surface area contributed by atoms with Crippen molar-refractivity contribution in [3.8, 4) is 5.69 Å². The molecule has 1 aromatic carbocycles. The number of benzene rings is 1. The molecule has 0 radical (unpaired) electrons. The summed E-state index contributed by atoms with van der Waals surface area (Å²) < 4.78 is 1.53. The first-order valence-electron chi connectivity index (χ1n) is 5.27. The molecule has 3 N–H and O–H groups in total. The third kappa shape index (κ3) is 2.31. The molecule has 0 aliphatic heterocycles. The molecule has 2 aromatic rings. The second kappa shape index (κ2) is 4.75. The van der Waals surface area contributed by atoms with Crippen molar-refractivity contribution in [2.24, 2.45) is 5.84 Å². The molecular formula is C11H13N5O. The zero-order valence-electron chi connectivity index (χ0n) is 9.42. The number of carbonyl (C=O) groups excluding carboxylic acids is 1. The number of nitrogens with one attached hydrogen (secondary N) is 1.